The number of hydrogen-bond acceptors (Lipinski definition) is 8. The Kier molecular flexibility index (Phi) is 7.51. The largest absolute Gasteiger partial charge is 0.350 e. The average Bonchev–Trinajstić information content (AvgIpc) is 2.88. The second-order valence-corrected chi connectivity index (χ2v) is 11.9. The van der Waals surface area contributed by atoms with Crippen LogP contribution in [0, 0.1) is 5.82 Å². The predicted octanol–water partition coefficient (Wildman–Crippen LogP) is 3.72. The first-order valence-electron chi connectivity index (χ1n) is 12.8. The molecular weight excluding hydrogens is 540 g/mol. The summed E-state index contributed by atoms with van der Waals surface area (Å²) in [5.41, 5.74) is 1.78. The van der Waals surface area contributed by atoms with Gasteiger partial charge in [-0.2, -0.15) is 4.98 Å². The van der Waals surface area contributed by atoms with Crippen molar-refractivity contribution in [2.45, 2.75) is 38.5 Å². The minimum Gasteiger partial charge on any atom is -0.350 e. The molecule has 1 saturated heterocycles. The molecule has 0 bridgehead atoms. The topological polar surface area (TPSA) is 131 Å². The highest BCUT2D eigenvalue weighted by Crippen LogP contribution is 2.28. The molecule has 1 fully saturated rings. The van der Waals surface area contributed by atoms with E-state index in [4.69, 9.17) is 0 Å². The Balaban J connectivity index is 1.49. The average molecular weight is 570 g/mol. The molecule has 1 aliphatic heterocycles. The molecule has 0 unspecified atom stereocenters. The van der Waals surface area contributed by atoms with Crippen molar-refractivity contribution in [3.8, 4) is 22.4 Å². The lowest BCUT2D eigenvalue weighted by molar-refractivity contribution is 0.254. The maximum atomic E-state index is 15.3. The van der Waals surface area contributed by atoms with Gasteiger partial charge in [0.15, 0.2) is 5.65 Å². The van der Waals surface area contributed by atoms with Crippen molar-refractivity contribution in [2.75, 3.05) is 29.4 Å². The number of aromatic nitrogens is 4. The molecule has 5 rings (SSSR count). The second-order valence-electron chi connectivity index (χ2n) is 10.1. The Hall–Kier alpha value is -3.97. The standard InChI is InChI=1S/C27H29F2N7O3S/c1-15(2)36-25-23(14-31-27(34-25)32-20-11-18(28)12-30-13-20)33-24(26(36)37)17-6-9-21(22(29)10-17)16-4-7-19(8-5-16)35-40(3,38)39/h4-10,14-15,18,20,30,35H,11-13H2,1-3H3,(H,31,32,34)/t18-,20-/m0/s1. The van der Waals surface area contributed by atoms with Crippen LogP contribution in [-0.2, 0) is 10.0 Å². The van der Waals surface area contributed by atoms with Crippen LogP contribution >= 0.6 is 0 Å². The molecule has 0 radical (unpaired) electrons. The number of sulfonamides is 1. The number of hydrogen-bond donors (Lipinski definition) is 3. The quantitative estimate of drug-likeness (QED) is 0.307. The van der Waals surface area contributed by atoms with E-state index >= 15 is 4.39 Å². The molecule has 0 saturated carbocycles. The number of halogens is 2. The summed E-state index contributed by atoms with van der Waals surface area (Å²) in [6.07, 6.45) is 1.90. The lowest BCUT2D eigenvalue weighted by Gasteiger charge is -2.26. The van der Waals surface area contributed by atoms with Crippen molar-refractivity contribution in [2.24, 2.45) is 0 Å². The molecule has 210 valence electrons. The van der Waals surface area contributed by atoms with E-state index in [1.54, 1.807) is 36.4 Å². The van der Waals surface area contributed by atoms with E-state index in [2.05, 4.69) is 30.3 Å². The molecule has 10 nitrogen and oxygen atoms in total. The van der Waals surface area contributed by atoms with Crippen LogP contribution < -0.4 is 20.9 Å². The van der Waals surface area contributed by atoms with Crippen molar-refractivity contribution in [3.63, 3.8) is 0 Å². The summed E-state index contributed by atoms with van der Waals surface area (Å²) in [6.45, 7) is 4.56. The smallest absolute Gasteiger partial charge is 0.278 e. The monoisotopic (exact) mass is 569 g/mol. The molecule has 4 aromatic rings. The first-order chi connectivity index (χ1) is 19.0. The molecule has 2 atom stereocenters. The Bertz CT molecular complexity index is 1730. The zero-order valence-electron chi connectivity index (χ0n) is 22.1. The van der Waals surface area contributed by atoms with E-state index in [1.807, 2.05) is 13.8 Å². The Morgan fingerprint density at radius 2 is 1.80 bits per heavy atom. The molecular formula is C27H29F2N7O3S. The molecule has 1 aliphatic rings. The van der Waals surface area contributed by atoms with Gasteiger partial charge in [0.1, 0.15) is 23.2 Å². The molecule has 40 heavy (non-hydrogen) atoms. The first-order valence-corrected chi connectivity index (χ1v) is 14.7. The van der Waals surface area contributed by atoms with Crippen LogP contribution in [0.1, 0.15) is 26.3 Å². The molecule has 2 aromatic heterocycles. The van der Waals surface area contributed by atoms with E-state index < -0.39 is 27.6 Å². The van der Waals surface area contributed by atoms with Gasteiger partial charge >= 0.3 is 0 Å². The SMILES string of the molecule is CC(C)n1c(=O)c(-c2ccc(-c3ccc(NS(C)(=O)=O)cc3)c(F)c2)nc2cnc(N[C@@H]3CNC[C@@H](F)C3)nc21. The fourth-order valence-electron chi connectivity index (χ4n) is 4.75. The van der Waals surface area contributed by atoms with Crippen LogP contribution in [0.25, 0.3) is 33.5 Å². The van der Waals surface area contributed by atoms with Crippen molar-refractivity contribution in [1.29, 1.82) is 0 Å². The van der Waals surface area contributed by atoms with E-state index in [9.17, 15) is 17.6 Å². The van der Waals surface area contributed by atoms with Crippen molar-refractivity contribution >= 4 is 32.8 Å². The third-order valence-corrected chi connectivity index (χ3v) is 7.13. The molecule has 3 heterocycles. The van der Waals surface area contributed by atoms with E-state index in [1.165, 1.54) is 16.8 Å². The van der Waals surface area contributed by atoms with E-state index in [-0.39, 0.29) is 29.3 Å². The highest BCUT2D eigenvalue weighted by molar-refractivity contribution is 7.92. The number of nitrogens with one attached hydrogen (secondary N) is 3. The Morgan fingerprint density at radius 3 is 2.45 bits per heavy atom. The number of alkyl halides is 1. The van der Waals surface area contributed by atoms with Gasteiger partial charge in [0.05, 0.1) is 12.5 Å². The lowest BCUT2D eigenvalue weighted by atomic mass is 10.0. The third kappa shape index (κ3) is 5.94. The van der Waals surface area contributed by atoms with Crippen LogP contribution in [-0.4, -0.2) is 59.5 Å². The number of anilines is 2. The minimum atomic E-state index is -3.43. The van der Waals surface area contributed by atoms with Gasteiger partial charge in [0.2, 0.25) is 16.0 Å². The number of nitrogens with zero attached hydrogens (tertiary/aromatic N) is 4. The number of rotatable bonds is 7. The number of piperidine rings is 1. The molecule has 13 heteroatoms. The normalized spacial score (nSPS) is 17.8. The fraction of sp³-hybridized carbons (Fsp3) is 0.333. The van der Waals surface area contributed by atoms with Crippen molar-refractivity contribution < 1.29 is 17.2 Å². The van der Waals surface area contributed by atoms with Crippen LogP contribution in [0.15, 0.2) is 53.5 Å². The molecule has 0 spiro atoms. The summed E-state index contributed by atoms with van der Waals surface area (Å²) in [4.78, 5) is 26.9. The second kappa shape index (κ2) is 10.9. The number of fused-ring (bicyclic) bond motifs is 1. The van der Waals surface area contributed by atoms with Gasteiger partial charge in [-0.05, 0) is 37.6 Å². The zero-order valence-corrected chi connectivity index (χ0v) is 23.0. The van der Waals surface area contributed by atoms with Crippen LogP contribution in [0.3, 0.4) is 0 Å². The number of benzene rings is 2. The molecule has 0 aliphatic carbocycles. The summed E-state index contributed by atoms with van der Waals surface area (Å²) in [7, 11) is -3.43. The fourth-order valence-corrected chi connectivity index (χ4v) is 5.31. The highest BCUT2D eigenvalue weighted by Gasteiger charge is 2.23. The molecule has 2 aromatic carbocycles. The van der Waals surface area contributed by atoms with Gasteiger partial charge in [-0.25, -0.2) is 27.2 Å². The minimum absolute atomic E-state index is 0.0559. The van der Waals surface area contributed by atoms with Gasteiger partial charge in [-0.1, -0.05) is 24.3 Å². The summed E-state index contributed by atoms with van der Waals surface area (Å²) < 4.78 is 55.8. The summed E-state index contributed by atoms with van der Waals surface area (Å²) in [6, 6.07) is 10.2. The Labute approximate surface area is 229 Å². The molecule has 3 N–H and O–H groups in total. The predicted molar refractivity (Wildman–Crippen MR) is 151 cm³/mol. The highest BCUT2D eigenvalue weighted by atomic mass is 32.2. The van der Waals surface area contributed by atoms with Crippen molar-refractivity contribution in [3.05, 3.63) is 64.8 Å². The van der Waals surface area contributed by atoms with Gasteiger partial charge in [-0.3, -0.25) is 14.1 Å². The van der Waals surface area contributed by atoms with E-state index in [0.717, 1.165) is 6.26 Å². The first kappa shape index (κ1) is 27.6. The van der Waals surface area contributed by atoms with Crippen molar-refractivity contribution in [1.82, 2.24) is 24.8 Å². The van der Waals surface area contributed by atoms with E-state index in [0.29, 0.717) is 47.5 Å². The third-order valence-electron chi connectivity index (χ3n) is 6.52. The maximum absolute atomic E-state index is 15.3. The Morgan fingerprint density at radius 1 is 1.07 bits per heavy atom. The molecule has 0 amide bonds. The summed E-state index contributed by atoms with van der Waals surface area (Å²) in [5.74, 6) is -0.299. The lowest BCUT2D eigenvalue weighted by Crippen LogP contribution is -2.44. The summed E-state index contributed by atoms with van der Waals surface area (Å²) >= 11 is 0. The zero-order chi connectivity index (χ0) is 28.6. The summed E-state index contributed by atoms with van der Waals surface area (Å²) in [5, 5.41) is 6.15. The van der Waals surface area contributed by atoms with Gasteiger partial charge in [0.25, 0.3) is 5.56 Å². The van der Waals surface area contributed by atoms with Crippen LogP contribution in [0.4, 0.5) is 20.4 Å². The van der Waals surface area contributed by atoms with Crippen LogP contribution in [0.2, 0.25) is 0 Å². The van der Waals surface area contributed by atoms with Gasteiger partial charge in [0, 0.05) is 48.4 Å². The maximum Gasteiger partial charge on any atom is 0.278 e. The van der Waals surface area contributed by atoms with Crippen LogP contribution in [0.5, 0.6) is 0 Å². The van der Waals surface area contributed by atoms with Gasteiger partial charge < -0.3 is 10.6 Å². The van der Waals surface area contributed by atoms with Gasteiger partial charge in [-0.15, -0.1) is 0 Å².